The van der Waals surface area contributed by atoms with Gasteiger partial charge in [0.15, 0.2) is 0 Å². The van der Waals surface area contributed by atoms with E-state index in [4.69, 9.17) is 22.1 Å². The van der Waals surface area contributed by atoms with E-state index in [1.165, 1.54) is 0 Å². The Bertz CT molecular complexity index is 306. The molecule has 1 atom stereocenters. The first-order valence-corrected chi connectivity index (χ1v) is 5.66. The maximum absolute atomic E-state index is 5.92. The summed E-state index contributed by atoms with van der Waals surface area (Å²) in [7, 11) is 1.64. The average molecular weight is 279 g/mol. The molecule has 78 valence electrons. The summed E-state index contributed by atoms with van der Waals surface area (Å²) in [6.45, 7) is 0. The zero-order chi connectivity index (χ0) is 10.6. The Morgan fingerprint density at radius 3 is 2.79 bits per heavy atom. The number of alkyl halides is 1. The van der Waals surface area contributed by atoms with Gasteiger partial charge in [-0.3, -0.25) is 0 Å². The van der Waals surface area contributed by atoms with Gasteiger partial charge in [-0.15, -0.1) is 11.6 Å². The molecular weight excluding hydrogens is 265 g/mol. The number of benzene rings is 1. The van der Waals surface area contributed by atoms with E-state index < -0.39 is 0 Å². The average Bonchev–Trinajstić information content (AvgIpc) is 2.18. The molecule has 2 nitrogen and oxygen atoms in total. The molecule has 1 rings (SSSR count). The van der Waals surface area contributed by atoms with Crippen LogP contribution in [0.15, 0.2) is 22.7 Å². The normalized spacial score (nSPS) is 12.6. The molecule has 0 aliphatic rings. The van der Waals surface area contributed by atoms with E-state index in [2.05, 4.69) is 15.9 Å². The molecule has 1 unspecified atom stereocenters. The quantitative estimate of drug-likeness (QED) is 0.859. The van der Waals surface area contributed by atoms with Crippen LogP contribution in [0.1, 0.15) is 18.0 Å². The second kappa shape index (κ2) is 5.59. The van der Waals surface area contributed by atoms with Gasteiger partial charge in [0.25, 0.3) is 0 Å². The molecule has 1 aromatic carbocycles. The minimum absolute atomic E-state index is 0.00490. The third-order valence-electron chi connectivity index (χ3n) is 2.02. The molecule has 0 fully saturated rings. The van der Waals surface area contributed by atoms with E-state index >= 15 is 0 Å². The Balaban J connectivity index is 2.85. The second-order valence-electron chi connectivity index (χ2n) is 2.98. The molecule has 0 heterocycles. The van der Waals surface area contributed by atoms with Gasteiger partial charge in [0.2, 0.25) is 0 Å². The molecule has 0 amide bonds. The zero-order valence-corrected chi connectivity index (χ0v) is 10.3. The lowest BCUT2D eigenvalue weighted by molar-refractivity contribution is 0.412. The lowest BCUT2D eigenvalue weighted by Crippen LogP contribution is -2.10. The summed E-state index contributed by atoms with van der Waals surface area (Å²) in [5.74, 6) is 1.39. The van der Waals surface area contributed by atoms with Crippen LogP contribution < -0.4 is 10.5 Å². The van der Waals surface area contributed by atoms with Crippen LogP contribution in [0.2, 0.25) is 0 Å². The van der Waals surface area contributed by atoms with Gasteiger partial charge in [0.1, 0.15) is 5.75 Å². The number of nitrogens with two attached hydrogens (primary N) is 1. The fourth-order valence-corrected chi connectivity index (χ4v) is 1.99. The van der Waals surface area contributed by atoms with Crippen LogP contribution >= 0.6 is 27.5 Å². The van der Waals surface area contributed by atoms with Crippen molar-refractivity contribution in [1.29, 1.82) is 0 Å². The second-order valence-corrected chi connectivity index (χ2v) is 4.21. The SMILES string of the molecule is COc1ccc(C(N)CCCl)cc1Br. The molecule has 14 heavy (non-hydrogen) atoms. The molecule has 0 aliphatic carbocycles. The molecule has 0 radical (unpaired) electrons. The van der Waals surface area contributed by atoms with E-state index in [9.17, 15) is 0 Å². The van der Waals surface area contributed by atoms with Gasteiger partial charge in [-0.05, 0) is 40.0 Å². The fourth-order valence-electron chi connectivity index (χ4n) is 1.20. The van der Waals surface area contributed by atoms with Crippen molar-refractivity contribution in [2.45, 2.75) is 12.5 Å². The number of rotatable bonds is 4. The highest BCUT2D eigenvalue weighted by atomic mass is 79.9. The Morgan fingerprint density at radius 2 is 2.29 bits per heavy atom. The highest BCUT2D eigenvalue weighted by molar-refractivity contribution is 9.10. The molecule has 0 bridgehead atoms. The van der Waals surface area contributed by atoms with Crippen LogP contribution in [-0.2, 0) is 0 Å². The standard InChI is InChI=1S/C10H13BrClNO/c1-14-10-3-2-7(6-8(10)11)9(13)4-5-12/h2-3,6,9H,4-5,13H2,1H3. The summed E-state index contributed by atoms with van der Waals surface area (Å²) in [6.07, 6.45) is 0.778. The van der Waals surface area contributed by atoms with E-state index in [0.717, 1.165) is 22.2 Å². The van der Waals surface area contributed by atoms with Gasteiger partial charge in [-0.2, -0.15) is 0 Å². The van der Waals surface area contributed by atoms with Gasteiger partial charge < -0.3 is 10.5 Å². The lowest BCUT2D eigenvalue weighted by Gasteiger charge is -2.12. The monoisotopic (exact) mass is 277 g/mol. The fraction of sp³-hybridized carbons (Fsp3) is 0.400. The molecule has 0 saturated carbocycles. The first-order valence-electron chi connectivity index (χ1n) is 4.34. The Labute approximate surface area is 97.5 Å². The van der Waals surface area contributed by atoms with Crippen molar-refractivity contribution in [3.8, 4) is 5.75 Å². The largest absolute Gasteiger partial charge is 0.496 e. The molecule has 0 saturated heterocycles. The molecule has 4 heteroatoms. The van der Waals surface area contributed by atoms with Crippen molar-refractivity contribution < 1.29 is 4.74 Å². The molecule has 0 aliphatic heterocycles. The van der Waals surface area contributed by atoms with E-state index in [-0.39, 0.29) is 6.04 Å². The molecular formula is C10H13BrClNO. The topological polar surface area (TPSA) is 35.2 Å². The molecule has 2 N–H and O–H groups in total. The minimum Gasteiger partial charge on any atom is -0.496 e. The number of hydrogen-bond acceptors (Lipinski definition) is 2. The number of ether oxygens (including phenoxy) is 1. The summed E-state index contributed by atoms with van der Waals surface area (Å²) >= 11 is 9.04. The van der Waals surface area contributed by atoms with E-state index in [0.29, 0.717) is 5.88 Å². The van der Waals surface area contributed by atoms with Crippen molar-refractivity contribution >= 4 is 27.5 Å². The maximum atomic E-state index is 5.92. The molecule has 0 aromatic heterocycles. The highest BCUT2D eigenvalue weighted by Gasteiger charge is 2.07. The zero-order valence-electron chi connectivity index (χ0n) is 7.97. The van der Waals surface area contributed by atoms with Crippen molar-refractivity contribution in [3.63, 3.8) is 0 Å². The van der Waals surface area contributed by atoms with E-state index in [1.807, 2.05) is 18.2 Å². The van der Waals surface area contributed by atoms with Crippen LogP contribution in [0, 0.1) is 0 Å². The number of methoxy groups -OCH3 is 1. The van der Waals surface area contributed by atoms with Crippen LogP contribution in [0.25, 0.3) is 0 Å². The summed E-state index contributed by atoms with van der Waals surface area (Å²) in [6, 6.07) is 5.82. The molecule has 0 spiro atoms. The third-order valence-corrected chi connectivity index (χ3v) is 2.86. The Hall–Kier alpha value is -0.250. The van der Waals surface area contributed by atoms with Crippen LogP contribution in [0.3, 0.4) is 0 Å². The van der Waals surface area contributed by atoms with Crippen molar-refractivity contribution in [2.24, 2.45) is 5.73 Å². The molecule has 1 aromatic rings. The summed E-state index contributed by atoms with van der Waals surface area (Å²) in [4.78, 5) is 0. The van der Waals surface area contributed by atoms with Gasteiger partial charge in [-0.25, -0.2) is 0 Å². The first kappa shape index (κ1) is 11.8. The van der Waals surface area contributed by atoms with E-state index in [1.54, 1.807) is 7.11 Å². The summed E-state index contributed by atoms with van der Waals surface area (Å²) in [5, 5.41) is 0. The van der Waals surface area contributed by atoms with Crippen LogP contribution in [-0.4, -0.2) is 13.0 Å². The summed E-state index contributed by atoms with van der Waals surface area (Å²) in [5.41, 5.74) is 6.99. The number of hydrogen-bond donors (Lipinski definition) is 1. The minimum atomic E-state index is -0.00490. The van der Waals surface area contributed by atoms with Crippen molar-refractivity contribution in [2.75, 3.05) is 13.0 Å². The van der Waals surface area contributed by atoms with Crippen molar-refractivity contribution in [3.05, 3.63) is 28.2 Å². The Kier molecular flexibility index (Phi) is 4.72. The van der Waals surface area contributed by atoms with Crippen molar-refractivity contribution in [1.82, 2.24) is 0 Å². The third kappa shape index (κ3) is 2.87. The summed E-state index contributed by atoms with van der Waals surface area (Å²) < 4.78 is 6.04. The Morgan fingerprint density at radius 1 is 1.57 bits per heavy atom. The van der Waals surface area contributed by atoms with Crippen LogP contribution in [0.4, 0.5) is 0 Å². The van der Waals surface area contributed by atoms with Crippen LogP contribution in [0.5, 0.6) is 5.75 Å². The first-order chi connectivity index (χ1) is 6.69. The smallest absolute Gasteiger partial charge is 0.133 e. The highest BCUT2D eigenvalue weighted by Crippen LogP contribution is 2.28. The predicted octanol–water partition coefficient (Wildman–Crippen LogP) is 3.09. The lowest BCUT2D eigenvalue weighted by atomic mass is 10.1. The van der Waals surface area contributed by atoms with Gasteiger partial charge in [-0.1, -0.05) is 6.07 Å². The maximum Gasteiger partial charge on any atom is 0.133 e. The van der Waals surface area contributed by atoms with Gasteiger partial charge >= 0.3 is 0 Å². The predicted molar refractivity (Wildman–Crippen MR) is 63.0 cm³/mol. The number of halogens is 2. The van der Waals surface area contributed by atoms with Gasteiger partial charge in [0, 0.05) is 11.9 Å². The van der Waals surface area contributed by atoms with Gasteiger partial charge in [0.05, 0.1) is 11.6 Å².